The number of carbonyl (C=O) groups excluding carboxylic acids is 1. The van der Waals surface area contributed by atoms with Gasteiger partial charge >= 0.3 is 0 Å². The molecule has 20 heavy (non-hydrogen) atoms. The Balaban J connectivity index is 2.25. The number of hydrogen-bond donors (Lipinski definition) is 0. The summed E-state index contributed by atoms with van der Waals surface area (Å²) in [6.07, 6.45) is 0.750. The van der Waals surface area contributed by atoms with Crippen molar-refractivity contribution < 1.29 is 13.9 Å². The summed E-state index contributed by atoms with van der Waals surface area (Å²) in [6, 6.07) is 6.54. The van der Waals surface area contributed by atoms with Crippen molar-refractivity contribution in [3.05, 3.63) is 47.0 Å². The van der Waals surface area contributed by atoms with Crippen LogP contribution in [0, 0.1) is 5.82 Å². The fraction of sp³-hybridized carbons (Fsp3) is 0.333. The average molecular weight is 276 g/mol. The van der Waals surface area contributed by atoms with E-state index in [4.69, 9.17) is 4.74 Å². The minimum atomic E-state index is -0.485. The summed E-state index contributed by atoms with van der Waals surface area (Å²) >= 11 is 0. The number of benzene rings is 1. The lowest BCUT2D eigenvalue weighted by Crippen LogP contribution is -2.10. The smallest absolute Gasteiger partial charge is 0.185 e. The Morgan fingerprint density at radius 1 is 1.45 bits per heavy atom. The second kappa shape index (κ2) is 5.86. The fourth-order valence-corrected chi connectivity index (χ4v) is 2.07. The van der Waals surface area contributed by atoms with Crippen LogP contribution in [0.15, 0.2) is 24.3 Å². The van der Waals surface area contributed by atoms with Gasteiger partial charge in [-0.15, -0.1) is 0 Å². The number of hydrogen-bond acceptors (Lipinski definition) is 3. The lowest BCUT2D eigenvalue weighted by atomic mass is 10.1. The Hall–Kier alpha value is -2.17. The number of aromatic nitrogens is 2. The molecule has 0 aliphatic heterocycles. The number of carbonyl (C=O) groups is 1. The van der Waals surface area contributed by atoms with Crippen molar-refractivity contribution in [1.82, 2.24) is 9.78 Å². The van der Waals surface area contributed by atoms with Crippen LogP contribution in [0.25, 0.3) is 0 Å². The van der Waals surface area contributed by atoms with Crippen molar-refractivity contribution in [3.8, 4) is 5.75 Å². The van der Waals surface area contributed by atoms with Crippen molar-refractivity contribution >= 4 is 5.78 Å². The summed E-state index contributed by atoms with van der Waals surface area (Å²) in [5.74, 6) is -0.498. The van der Waals surface area contributed by atoms with Gasteiger partial charge in [-0.3, -0.25) is 9.48 Å². The summed E-state index contributed by atoms with van der Waals surface area (Å²) in [5.41, 5.74) is 1.67. The number of halogens is 1. The molecular formula is C15H17FN2O2. The van der Waals surface area contributed by atoms with Gasteiger partial charge in [-0.2, -0.15) is 5.10 Å². The first kappa shape index (κ1) is 14.2. The van der Waals surface area contributed by atoms with E-state index in [0.717, 1.165) is 12.1 Å². The lowest BCUT2D eigenvalue weighted by molar-refractivity contribution is 0.0982. The van der Waals surface area contributed by atoms with Gasteiger partial charge in [0.05, 0.1) is 12.8 Å². The maximum Gasteiger partial charge on any atom is 0.185 e. The number of nitrogens with zero attached hydrogens (tertiary/aromatic N) is 2. The zero-order chi connectivity index (χ0) is 14.7. The highest BCUT2D eigenvalue weighted by atomic mass is 19.1. The van der Waals surface area contributed by atoms with E-state index in [1.807, 2.05) is 6.92 Å². The van der Waals surface area contributed by atoms with E-state index in [0.29, 0.717) is 11.3 Å². The van der Waals surface area contributed by atoms with E-state index in [1.165, 1.54) is 13.2 Å². The second-order valence-corrected chi connectivity index (χ2v) is 4.53. The van der Waals surface area contributed by atoms with Gasteiger partial charge in [0.15, 0.2) is 17.3 Å². The molecule has 2 aromatic rings. The first-order valence-corrected chi connectivity index (χ1v) is 6.44. The van der Waals surface area contributed by atoms with Crippen LogP contribution in [-0.4, -0.2) is 22.7 Å². The average Bonchev–Trinajstić information content (AvgIpc) is 2.82. The topological polar surface area (TPSA) is 44.1 Å². The van der Waals surface area contributed by atoms with Gasteiger partial charge in [0, 0.05) is 13.5 Å². The Labute approximate surface area is 117 Å². The number of ketones is 1. The van der Waals surface area contributed by atoms with Crippen LogP contribution < -0.4 is 4.74 Å². The molecule has 106 valence electrons. The van der Waals surface area contributed by atoms with Crippen molar-refractivity contribution in [2.24, 2.45) is 7.05 Å². The van der Waals surface area contributed by atoms with E-state index in [9.17, 15) is 9.18 Å². The molecule has 0 spiro atoms. The monoisotopic (exact) mass is 276 g/mol. The predicted molar refractivity (Wildman–Crippen MR) is 73.6 cm³/mol. The molecule has 4 nitrogen and oxygen atoms in total. The normalized spacial score (nSPS) is 10.6. The van der Waals surface area contributed by atoms with Crippen LogP contribution in [0.2, 0.25) is 0 Å². The van der Waals surface area contributed by atoms with Gasteiger partial charge < -0.3 is 4.74 Å². The molecule has 0 bridgehead atoms. The number of aryl methyl sites for hydroxylation is 2. The maximum absolute atomic E-state index is 14.0. The summed E-state index contributed by atoms with van der Waals surface area (Å²) in [5, 5.41) is 4.23. The molecular weight excluding hydrogens is 259 g/mol. The van der Waals surface area contributed by atoms with E-state index in [1.54, 1.807) is 29.9 Å². The Morgan fingerprint density at radius 3 is 2.80 bits per heavy atom. The number of Topliss-reactive ketones (excluding diaryl/α,β-unsaturated/α-hetero) is 1. The molecule has 1 aromatic carbocycles. The summed E-state index contributed by atoms with van der Waals surface area (Å²) < 4.78 is 20.5. The molecule has 5 heteroatoms. The van der Waals surface area contributed by atoms with Crippen LogP contribution in [0.4, 0.5) is 4.39 Å². The molecule has 0 unspecified atom stereocenters. The zero-order valence-corrected chi connectivity index (χ0v) is 11.8. The van der Waals surface area contributed by atoms with Gasteiger partial charge in [0.2, 0.25) is 0 Å². The predicted octanol–water partition coefficient (Wildman–Crippen LogP) is 2.56. The number of methoxy groups -OCH3 is 1. The molecule has 0 atom stereocenters. The highest BCUT2D eigenvalue weighted by Crippen LogP contribution is 2.21. The van der Waals surface area contributed by atoms with E-state index >= 15 is 0 Å². The minimum Gasteiger partial charge on any atom is -0.494 e. The van der Waals surface area contributed by atoms with Crippen LogP contribution in [-0.2, 0) is 19.9 Å². The van der Waals surface area contributed by atoms with E-state index < -0.39 is 5.82 Å². The van der Waals surface area contributed by atoms with Crippen LogP contribution in [0.5, 0.6) is 5.75 Å². The molecule has 1 heterocycles. The quantitative estimate of drug-likeness (QED) is 0.788. The maximum atomic E-state index is 14.0. The molecule has 0 radical (unpaired) electrons. The number of ether oxygens (including phenoxy) is 1. The van der Waals surface area contributed by atoms with Crippen molar-refractivity contribution in [3.63, 3.8) is 0 Å². The largest absolute Gasteiger partial charge is 0.494 e. The molecule has 0 saturated heterocycles. The van der Waals surface area contributed by atoms with Crippen LogP contribution >= 0.6 is 0 Å². The Bertz CT molecular complexity index is 635. The van der Waals surface area contributed by atoms with Gasteiger partial charge in [0.1, 0.15) is 5.69 Å². The third-order valence-corrected chi connectivity index (χ3v) is 3.19. The Kier molecular flexibility index (Phi) is 4.17. The van der Waals surface area contributed by atoms with E-state index in [2.05, 4.69) is 5.10 Å². The summed E-state index contributed by atoms with van der Waals surface area (Å²) in [6.45, 7) is 1.97. The highest BCUT2D eigenvalue weighted by Gasteiger charge is 2.17. The molecule has 0 fully saturated rings. The van der Waals surface area contributed by atoms with Crippen LogP contribution in [0.3, 0.4) is 0 Å². The van der Waals surface area contributed by atoms with Crippen LogP contribution in [0.1, 0.15) is 28.7 Å². The zero-order valence-electron chi connectivity index (χ0n) is 11.8. The van der Waals surface area contributed by atoms with Gasteiger partial charge in [0.25, 0.3) is 0 Å². The molecule has 0 aliphatic rings. The molecule has 0 N–H and O–H groups in total. The van der Waals surface area contributed by atoms with Gasteiger partial charge in [-0.05, 0) is 24.1 Å². The first-order chi connectivity index (χ1) is 9.56. The lowest BCUT2D eigenvalue weighted by Gasteiger charge is -2.06. The number of rotatable bonds is 5. The van der Waals surface area contributed by atoms with Gasteiger partial charge in [-0.1, -0.05) is 19.1 Å². The van der Waals surface area contributed by atoms with Crippen molar-refractivity contribution in [1.29, 1.82) is 0 Å². The summed E-state index contributed by atoms with van der Waals surface area (Å²) in [4.78, 5) is 12.2. The first-order valence-electron chi connectivity index (χ1n) is 6.44. The molecule has 0 saturated carbocycles. The fourth-order valence-electron chi connectivity index (χ4n) is 2.07. The highest BCUT2D eigenvalue weighted by molar-refractivity contribution is 5.96. The SMILES string of the molecule is CCc1cc(C(=O)Cc2cccc(OC)c2F)n(C)n1. The molecule has 1 aromatic heterocycles. The van der Waals surface area contributed by atoms with Gasteiger partial charge in [-0.25, -0.2) is 4.39 Å². The third-order valence-electron chi connectivity index (χ3n) is 3.19. The molecule has 2 rings (SSSR count). The summed E-state index contributed by atoms with van der Waals surface area (Å²) in [7, 11) is 3.12. The Morgan fingerprint density at radius 2 is 2.20 bits per heavy atom. The molecule has 0 aliphatic carbocycles. The third kappa shape index (κ3) is 2.71. The standard InChI is InChI=1S/C15H17FN2O2/c1-4-11-9-12(18(2)17-11)13(19)8-10-6-5-7-14(20-3)15(10)16/h5-7,9H,4,8H2,1-3H3. The second-order valence-electron chi connectivity index (χ2n) is 4.53. The van der Waals surface area contributed by atoms with Crippen molar-refractivity contribution in [2.45, 2.75) is 19.8 Å². The van der Waals surface area contributed by atoms with E-state index in [-0.39, 0.29) is 18.0 Å². The molecule has 0 amide bonds. The van der Waals surface area contributed by atoms with Crippen molar-refractivity contribution in [2.75, 3.05) is 7.11 Å². The minimum absolute atomic E-state index is 0.00821.